The number of pyridine rings is 1. The van der Waals surface area contributed by atoms with Crippen LogP contribution in [0.25, 0.3) is 22.0 Å². The van der Waals surface area contributed by atoms with Gasteiger partial charge in [-0.15, -0.1) is 0 Å². The number of nitrogens with zero attached hydrogens (tertiary/aromatic N) is 1. The van der Waals surface area contributed by atoms with Crippen molar-refractivity contribution < 1.29 is 9.53 Å². The molecule has 30 heavy (non-hydrogen) atoms. The Bertz CT molecular complexity index is 1230. The van der Waals surface area contributed by atoms with E-state index in [1.807, 2.05) is 42.6 Å². The van der Waals surface area contributed by atoms with E-state index in [0.717, 1.165) is 34.3 Å². The highest BCUT2D eigenvalue weighted by atomic mass is 16.5. The van der Waals surface area contributed by atoms with Crippen LogP contribution < -0.4 is 15.8 Å². The van der Waals surface area contributed by atoms with Crippen LogP contribution in [0.4, 0.5) is 5.69 Å². The van der Waals surface area contributed by atoms with Crippen LogP contribution in [0.3, 0.4) is 0 Å². The predicted molar refractivity (Wildman–Crippen MR) is 117 cm³/mol. The molecular weight excluding hydrogens is 376 g/mol. The number of carbonyl (C=O) groups is 1. The third-order valence-corrected chi connectivity index (χ3v) is 5.40. The van der Waals surface area contributed by atoms with Crippen molar-refractivity contribution in [3.8, 4) is 16.9 Å². The molecule has 1 aliphatic heterocycles. The fraction of sp³-hybridized carbons (Fsp3) is 0.167. The van der Waals surface area contributed by atoms with Crippen LogP contribution in [0.2, 0.25) is 0 Å². The maximum Gasteiger partial charge on any atom is 0.228 e. The van der Waals surface area contributed by atoms with Crippen molar-refractivity contribution in [3.63, 3.8) is 0 Å². The largest absolute Gasteiger partial charge is 0.490 e. The zero-order valence-corrected chi connectivity index (χ0v) is 16.4. The molecular formula is C24H22N4O2. The summed E-state index contributed by atoms with van der Waals surface area (Å²) in [4.78, 5) is 19.2. The standard InChI is InChI=1S/C24H22N4O2/c25-19(8-18-12-27-23-4-2-1-3-21(18)23)14-30-20-9-17(11-26-13-20)15-5-6-22-16(7-15)10-24(29)28-22/h1-7,9,11-13,19,27H,8,10,14,25H2,(H,28,29)/t19-/m1/s1. The van der Waals surface area contributed by atoms with Crippen LogP contribution in [-0.4, -0.2) is 28.5 Å². The Morgan fingerprint density at radius 3 is 2.93 bits per heavy atom. The maximum absolute atomic E-state index is 11.6. The minimum Gasteiger partial charge on any atom is -0.490 e. The van der Waals surface area contributed by atoms with Gasteiger partial charge >= 0.3 is 0 Å². The Balaban J connectivity index is 1.26. The molecule has 3 heterocycles. The molecule has 0 bridgehead atoms. The van der Waals surface area contributed by atoms with Gasteiger partial charge in [0.2, 0.25) is 5.91 Å². The van der Waals surface area contributed by atoms with Crippen molar-refractivity contribution in [2.24, 2.45) is 5.73 Å². The smallest absolute Gasteiger partial charge is 0.228 e. The van der Waals surface area contributed by atoms with Crippen molar-refractivity contribution >= 4 is 22.5 Å². The summed E-state index contributed by atoms with van der Waals surface area (Å²) < 4.78 is 5.94. The summed E-state index contributed by atoms with van der Waals surface area (Å²) in [6.45, 7) is 0.396. The Hall–Kier alpha value is -3.64. The number of anilines is 1. The van der Waals surface area contributed by atoms with Crippen molar-refractivity contribution in [1.82, 2.24) is 9.97 Å². The summed E-state index contributed by atoms with van der Waals surface area (Å²) in [7, 11) is 0. The third-order valence-electron chi connectivity index (χ3n) is 5.40. The summed E-state index contributed by atoms with van der Waals surface area (Å²) in [5, 5.41) is 4.05. The second-order valence-corrected chi connectivity index (χ2v) is 7.64. The first-order valence-electron chi connectivity index (χ1n) is 9.97. The maximum atomic E-state index is 11.6. The summed E-state index contributed by atoms with van der Waals surface area (Å²) in [6, 6.07) is 16.0. The number of ether oxygens (including phenoxy) is 1. The first-order valence-corrected chi connectivity index (χ1v) is 9.97. The molecule has 150 valence electrons. The zero-order chi connectivity index (χ0) is 20.5. The number of fused-ring (bicyclic) bond motifs is 2. The number of nitrogens with two attached hydrogens (primary N) is 1. The number of amides is 1. The first-order chi connectivity index (χ1) is 14.7. The van der Waals surface area contributed by atoms with Gasteiger partial charge in [0, 0.05) is 40.6 Å². The number of hydrogen-bond donors (Lipinski definition) is 3. The fourth-order valence-electron chi connectivity index (χ4n) is 3.91. The van der Waals surface area contributed by atoms with Crippen LogP contribution >= 0.6 is 0 Å². The van der Waals surface area contributed by atoms with Crippen molar-refractivity contribution in [1.29, 1.82) is 0 Å². The van der Waals surface area contributed by atoms with Gasteiger partial charge in [-0.1, -0.05) is 24.3 Å². The van der Waals surface area contributed by atoms with Crippen LogP contribution in [-0.2, 0) is 17.6 Å². The van der Waals surface area contributed by atoms with Gasteiger partial charge < -0.3 is 20.8 Å². The van der Waals surface area contributed by atoms with E-state index in [4.69, 9.17) is 10.5 Å². The van der Waals surface area contributed by atoms with Gasteiger partial charge in [-0.05, 0) is 47.4 Å². The Kier molecular flexibility index (Phi) is 4.69. The van der Waals surface area contributed by atoms with Gasteiger partial charge in [-0.2, -0.15) is 0 Å². The van der Waals surface area contributed by atoms with Crippen LogP contribution in [0.5, 0.6) is 5.75 Å². The van der Waals surface area contributed by atoms with E-state index in [0.29, 0.717) is 18.8 Å². The summed E-state index contributed by atoms with van der Waals surface area (Å²) in [5.74, 6) is 0.707. The molecule has 6 heteroatoms. The highest BCUT2D eigenvalue weighted by Crippen LogP contribution is 2.30. The minimum atomic E-state index is -0.134. The van der Waals surface area contributed by atoms with Gasteiger partial charge in [-0.25, -0.2) is 0 Å². The molecule has 2 aromatic heterocycles. The number of hydrogen-bond acceptors (Lipinski definition) is 4. The number of nitrogens with one attached hydrogen (secondary N) is 2. The number of rotatable bonds is 6. The molecule has 0 radical (unpaired) electrons. The lowest BCUT2D eigenvalue weighted by Crippen LogP contribution is -2.30. The van der Waals surface area contributed by atoms with E-state index in [1.165, 1.54) is 10.9 Å². The number of aromatic amines is 1. The summed E-state index contributed by atoms with van der Waals surface area (Å²) in [6.07, 6.45) is 6.64. The van der Waals surface area contributed by atoms with E-state index >= 15 is 0 Å². The van der Waals surface area contributed by atoms with Gasteiger partial charge in [0.25, 0.3) is 0 Å². The zero-order valence-electron chi connectivity index (χ0n) is 16.4. The molecule has 0 fully saturated rings. The molecule has 4 N–H and O–H groups in total. The first kappa shape index (κ1) is 18.4. The van der Waals surface area contributed by atoms with Crippen LogP contribution in [0, 0.1) is 0 Å². The number of carbonyl (C=O) groups excluding carboxylic acids is 1. The summed E-state index contributed by atoms with van der Waals surface area (Å²) in [5.41, 5.74) is 12.5. The van der Waals surface area contributed by atoms with Crippen molar-refractivity contribution in [3.05, 3.63) is 78.2 Å². The quantitative estimate of drug-likeness (QED) is 0.462. The van der Waals surface area contributed by atoms with Crippen molar-refractivity contribution in [2.45, 2.75) is 18.9 Å². The van der Waals surface area contributed by atoms with Crippen LogP contribution in [0.1, 0.15) is 11.1 Å². The van der Waals surface area contributed by atoms with E-state index in [2.05, 4.69) is 27.4 Å². The highest BCUT2D eigenvalue weighted by Gasteiger charge is 2.18. The number of para-hydroxylation sites is 1. The molecule has 0 saturated heterocycles. The fourth-order valence-corrected chi connectivity index (χ4v) is 3.91. The number of aromatic nitrogens is 2. The minimum absolute atomic E-state index is 0.0292. The number of H-pyrrole nitrogens is 1. The molecule has 1 atom stereocenters. The molecule has 2 aromatic carbocycles. The van der Waals surface area contributed by atoms with Crippen molar-refractivity contribution in [2.75, 3.05) is 11.9 Å². The van der Waals surface area contributed by atoms with Gasteiger partial charge in [0.1, 0.15) is 12.4 Å². The van der Waals surface area contributed by atoms with E-state index in [1.54, 1.807) is 12.4 Å². The van der Waals surface area contributed by atoms with Crippen LogP contribution in [0.15, 0.2) is 67.1 Å². The lowest BCUT2D eigenvalue weighted by Gasteiger charge is -2.13. The Morgan fingerprint density at radius 1 is 1.10 bits per heavy atom. The topological polar surface area (TPSA) is 93.0 Å². The van der Waals surface area contributed by atoms with Gasteiger partial charge in [0.05, 0.1) is 12.6 Å². The molecule has 0 unspecified atom stereocenters. The van der Waals surface area contributed by atoms with E-state index < -0.39 is 0 Å². The third kappa shape index (κ3) is 3.65. The van der Waals surface area contributed by atoms with E-state index in [-0.39, 0.29) is 11.9 Å². The monoisotopic (exact) mass is 398 g/mol. The molecule has 0 aliphatic carbocycles. The average molecular weight is 398 g/mol. The second kappa shape index (κ2) is 7.65. The second-order valence-electron chi connectivity index (χ2n) is 7.64. The molecule has 4 aromatic rings. The molecule has 6 nitrogen and oxygen atoms in total. The molecule has 0 saturated carbocycles. The Morgan fingerprint density at radius 2 is 2.00 bits per heavy atom. The molecule has 1 amide bonds. The SMILES string of the molecule is N[C@@H](COc1cncc(-c2ccc3c(c2)CC(=O)N3)c1)Cc1c[nH]c2ccccc12. The average Bonchev–Trinajstić information content (AvgIpc) is 3.34. The molecule has 0 spiro atoms. The van der Waals surface area contributed by atoms with E-state index in [9.17, 15) is 4.79 Å². The van der Waals surface area contributed by atoms with Gasteiger partial charge in [-0.3, -0.25) is 9.78 Å². The van der Waals surface area contributed by atoms with Gasteiger partial charge in [0.15, 0.2) is 0 Å². The molecule has 1 aliphatic rings. The highest BCUT2D eigenvalue weighted by molar-refractivity contribution is 5.99. The number of benzene rings is 2. The molecule has 5 rings (SSSR count). The normalized spacial score (nSPS) is 13.8. The predicted octanol–water partition coefficient (Wildman–Crippen LogP) is 3.67. The Labute approximate surface area is 174 Å². The lowest BCUT2D eigenvalue weighted by atomic mass is 10.0. The lowest BCUT2D eigenvalue weighted by molar-refractivity contribution is -0.115. The summed E-state index contributed by atoms with van der Waals surface area (Å²) >= 11 is 0.